The predicted molar refractivity (Wildman–Crippen MR) is 103 cm³/mol. The minimum Gasteiger partial charge on any atom is -0.506 e. The molecule has 3 rings (SSSR count). The highest BCUT2D eigenvalue weighted by molar-refractivity contribution is 9.11. The lowest BCUT2D eigenvalue weighted by atomic mass is 10.2. The van der Waals surface area contributed by atoms with Gasteiger partial charge in [-0.3, -0.25) is 4.99 Å². The quantitative estimate of drug-likeness (QED) is 0.554. The summed E-state index contributed by atoms with van der Waals surface area (Å²) in [5.74, 6) is 0.891. The molecule has 0 spiro atoms. The Balaban J connectivity index is 2.06. The Hall–Kier alpha value is -1.64. The summed E-state index contributed by atoms with van der Waals surface area (Å²) in [5.41, 5.74) is 1.67. The molecule has 0 saturated carbocycles. The van der Waals surface area contributed by atoms with Crippen molar-refractivity contribution < 1.29 is 9.52 Å². The second kappa shape index (κ2) is 7.50. The minimum atomic E-state index is 0.160. The smallest absolute Gasteiger partial charge is 0.206 e. The first-order valence-electron chi connectivity index (χ1n) is 7.07. The molecule has 0 aliphatic heterocycles. The fraction of sp³-hybridized carbons (Fsp3) is 0.125. The highest BCUT2D eigenvalue weighted by Crippen LogP contribution is 2.32. The average Bonchev–Trinajstić information content (AvgIpc) is 3.20. The van der Waals surface area contributed by atoms with Gasteiger partial charge in [0.25, 0.3) is 0 Å². The van der Waals surface area contributed by atoms with Gasteiger partial charge < -0.3 is 9.52 Å². The third-order valence-electron chi connectivity index (χ3n) is 3.11. The van der Waals surface area contributed by atoms with Crippen LogP contribution in [0.5, 0.6) is 5.75 Å². The van der Waals surface area contributed by atoms with Crippen LogP contribution in [0.2, 0.25) is 0 Å². The van der Waals surface area contributed by atoms with E-state index in [2.05, 4.69) is 42.0 Å². The van der Waals surface area contributed by atoms with Crippen molar-refractivity contribution in [1.82, 2.24) is 4.68 Å². The maximum absolute atomic E-state index is 9.80. The standard InChI is InChI=1S/C16H13Br2N3O2S/c1-2-19-16-21(13(9-24-16)14-4-3-5-23-14)20-8-10-6-11(17)15(22)12(18)7-10/h3-9,22H,2H2,1H3. The van der Waals surface area contributed by atoms with Gasteiger partial charge in [0, 0.05) is 11.9 Å². The Morgan fingerprint density at radius 1 is 1.33 bits per heavy atom. The van der Waals surface area contributed by atoms with Gasteiger partial charge in [-0.1, -0.05) is 0 Å². The maximum atomic E-state index is 9.80. The van der Waals surface area contributed by atoms with E-state index in [1.54, 1.807) is 29.3 Å². The van der Waals surface area contributed by atoms with E-state index in [1.807, 2.05) is 24.4 Å². The minimum absolute atomic E-state index is 0.160. The average molecular weight is 471 g/mol. The van der Waals surface area contributed by atoms with E-state index in [0.717, 1.165) is 21.8 Å². The van der Waals surface area contributed by atoms with E-state index in [0.29, 0.717) is 15.5 Å². The highest BCUT2D eigenvalue weighted by atomic mass is 79.9. The van der Waals surface area contributed by atoms with E-state index in [1.165, 1.54) is 11.3 Å². The molecule has 0 aliphatic carbocycles. The van der Waals surface area contributed by atoms with Gasteiger partial charge in [0.15, 0.2) is 5.76 Å². The van der Waals surface area contributed by atoms with E-state index in [9.17, 15) is 5.11 Å². The summed E-state index contributed by atoms with van der Waals surface area (Å²) in [6, 6.07) is 7.31. The van der Waals surface area contributed by atoms with Crippen LogP contribution in [0.3, 0.4) is 0 Å². The molecule has 0 atom stereocenters. The fourth-order valence-electron chi connectivity index (χ4n) is 2.03. The molecule has 0 aliphatic rings. The molecule has 2 aromatic heterocycles. The third kappa shape index (κ3) is 3.55. The van der Waals surface area contributed by atoms with Crippen LogP contribution in [0, 0.1) is 0 Å². The number of furan rings is 1. The topological polar surface area (TPSA) is 63.0 Å². The monoisotopic (exact) mass is 469 g/mol. The number of rotatable bonds is 4. The van der Waals surface area contributed by atoms with Crippen molar-refractivity contribution in [2.24, 2.45) is 10.1 Å². The van der Waals surface area contributed by atoms with Crippen molar-refractivity contribution in [3.05, 3.63) is 55.2 Å². The molecule has 8 heteroatoms. The van der Waals surface area contributed by atoms with Crippen molar-refractivity contribution >= 4 is 49.4 Å². The second-order valence-electron chi connectivity index (χ2n) is 4.74. The van der Waals surface area contributed by atoms with Crippen molar-refractivity contribution in [2.45, 2.75) is 6.92 Å². The first-order chi connectivity index (χ1) is 11.6. The van der Waals surface area contributed by atoms with E-state index in [-0.39, 0.29) is 5.75 Å². The third-order valence-corrected chi connectivity index (χ3v) is 5.18. The Bertz CT molecular complexity index is 920. The molecule has 0 bridgehead atoms. The van der Waals surface area contributed by atoms with Crippen LogP contribution < -0.4 is 4.80 Å². The fourth-order valence-corrected chi connectivity index (χ4v) is 4.14. The molecule has 124 valence electrons. The largest absolute Gasteiger partial charge is 0.506 e. The number of nitrogens with zero attached hydrogens (tertiary/aromatic N) is 3. The van der Waals surface area contributed by atoms with E-state index in [4.69, 9.17) is 4.42 Å². The Morgan fingerprint density at radius 3 is 2.71 bits per heavy atom. The molecule has 2 heterocycles. The number of thiazole rings is 1. The molecule has 3 aromatic rings. The lowest BCUT2D eigenvalue weighted by molar-refractivity contribution is 0.468. The zero-order valence-electron chi connectivity index (χ0n) is 12.6. The van der Waals surface area contributed by atoms with Crippen LogP contribution in [0.4, 0.5) is 0 Å². The van der Waals surface area contributed by atoms with Crippen LogP contribution in [0.1, 0.15) is 12.5 Å². The number of hydrogen-bond donors (Lipinski definition) is 1. The molecular weight excluding hydrogens is 458 g/mol. The summed E-state index contributed by atoms with van der Waals surface area (Å²) in [6.45, 7) is 2.65. The number of benzene rings is 1. The first-order valence-corrected chi connectivity index (χ1v) is 9.54. The van der Waals surface area contributed by atoms with Crippen LogP contribution in [-0.4, -0.2) is 22.5 Å². The molecule has 0 saturated heterocycles. The van der Waals surface area contributed by atoms with E-state index < -0.39 is 0 Å². The summed E-state index contributed by atoms with van der Waals surface area (Å²) < 4.78 is 8.42. The zero-order chi connectivity index (χ0) is 17.1. The normalized spacial score (nSPS) is 12.4. The van der Waals surface area contributed by atoms with Crippen molar-refractivity contribution in [3.63, 3.8) is 0 Å². The molecule has 24 heavy (non-hydrogen) atoms. The molecule has 1 N–H and O–H groups in total. The number of aromatic nitrogens is 1. The summed E-state index contributed by atoms with van der Waals surface area (Å²) in [4.78, 5) is 5.26. The van der Waals surface area contributed by atoms with Crippen molar-refractivity contribution in [2.75, 3.05) is 6.54 Å². The number of halogens is 2. The lowest BCUT2D eigenvalue weighted by Crippen LogP contribution is -2.12. The molecule has 0 fully saturated rings. The van der Waals surface area contributed by atoms with Gasteiger partial charge in [-0.25, -0.2) is 4.68 Å². The van der Waals surface area contributed by atoms with Crippen LogP contribution >= 0.6 is 43.2 Å². The van der Waals surface area contributed by atoms with Gasteiger partial charge in [-0.15, -0.1) is 11.3 Å². The second-order valence-corrected chi connectivity index (χ2v) is 7.29. The SMILES string of the molecule is CCN=c1scc(-c2ccco2)n1N=Cc1cc(Br)c(O)c(Br)c1. The van der Waals surface area contributed by atoms with Gasteiger partial charge in [0.05, 0.1) is 21.4 Å². The van der Waals surface area contributed by atoms with Crippen molar-refractivity contribution in [3.8, 4) is 17.2 Å². The Labute approximate surface area is 159 Å². The van der Waals surface area contributed by atoms with Crippen LogP contribution in [0.25, 0.3) is 11.5 Å². The summed E-state index contributed by atoms with van der Waals surface area (Å²) in [5, 5.41) is 16.3. The van der Waals surface area contributed by atoms with Crippen LogP contribution in [0.15, 0.2) is 59.4 Å². The number of phenols is 1. The van der Waals surface area contributed by atoms with Gasteiger partial charge in [0.2, 0.25) is 4.80 Å². The summed E-state index contributed by atoms with van der Waals surface area (Å²) in [7, 11) is 0. The van der Waals surface area contributed by atoms with E-state index >= 15 is 0 Å². The number of phenolic OH excluding ortho intramolecular Hbond substituents is 1. The van der Waals surface area contributed by atoms with Gasteiger partial charge >= 0.3 is 0 Å². The molecule has 0 radical (unpaired) electrons. The molecule has 0 amide bonds. The predicted octanol–water partition coefficient (Wildman–Crippen LogP) is 4.84. The zero-order valence-corrected chi connectivity index (χ0v) is 16.6. The van der Waals surface area contributed by atoms with Crippen molar-refractivity contribution in [1.29, 1.82) is 0 Å². The number of hydrogen-bond acceptors (Lipinski definition) is 5. The Morgan fingerprint density at radius 2 is 2.08 bits per heavy atom. The van der Waals surface area contributed by atoms with Crippen LogP contribution in [-0.2, 0) is 0 Å². The molecule has 0 unspecified atom stereocenters. The molecule has 1 aromatic carbocycles. The van der Waals surface area contributed by atoms with Gasteiger partial charge in [-0.2, -0.15) is 5.10 Å². The summed E-state index contributed by atoms with van der Waals surface area (Å²) >= 11 is 8.15. The van der Waals surface area contributed by atoms with Gasteiger partial charge in [-0.05, 0) is 68.6 Å². The highest BCUT2D eigenvalue weighted by Gasteiger charge is 2.10. The lowest BCUT2D eigenvalue weighted by Gasteiger charge is -2.03. The summed E-state index contributed by atoms with van der Waals surface area (Å²) in [6.07, 6.45) is 3.34. The molecule has 5 nitrogen and oxygen atoms in total. The number of aromatic hydroxyl groups is 1. The first kappa shape index (κ1) is 17.2. The Kier molecular flexibility index (Phi) is 5.37. The van der Waals surface area contributed by atoms with Gasteiger partial charge in [0.1, 0.15) is 11.4 Å². The maximum Gasteiger partial charge on any atom is 0.206 e. The molecular formula is C16H13Br2N3O2S.